The summed E-state index contributed by atoms with van der Waals surface area (Å²) in [5.74, 6) is 1.68. The molecule has 558 valence electrons. The van der Waals surface area contributed by atoms with Gasteiger partial charge in [0.15, 0.2) is 0 Å². The Labute approximate surface area is 733 Å². The molecule has 22 aromatic rings. The zero-order valence-electron chi connectivity index (χ0n) is 64.5. The van der Waals surface area contributed by atoms with Crippen molar-refractivity contribution >= 4 is 284 Å². The van der Waals surface area contributed by atoms with Crippen molar-refractivity contribution in [2.45, 2.75) is 0 Å². The molecular formula is C108H65B2N5OTe4. The molecule has 6 nitrogen and oxygen atoms in total. The minimum absolute atomic E-state index is 0.258. The fourth-order valence-electron chi connectivity index (χ4n) is 20.3. The van der Waals surface area contributed by atoms with E-state index in [1.54, 1.807) is 0 Å². The predicted molar refractivity (Wildman–Crippen MR) is 514 cm³/mol. The van der Waals surface area contributed by atoms with Crippen LogP contribution < -0.4 is 62.0 Å². The average Bonchev–Trinajstić information content (AvgIpc) is 0.838. The Morgan fingerprint density at radius 1 is 0.225 bits per heavy atom. The molecule has 12 heteroatoms. The van der Waals surface area contributed by atoms with Gasteiger partial charge in [-0.1, -0.05) is 12.1 Å². The number of hydrogen-bond donors (Lipinski definition) is 0. The summed E-state index contributed by atoms with van der Waals surface area (Å²) in [7, 11) is 0. The van der Waals surface area contributed by atoms with Gasteiger partial charge in [-0.25, -0.2) is 0 Å². The Hall–Kier alpha value is -12.0. The van der Waals surface area contributed by atoms with Crippen LogP contribution in [0.4, 0.5) is 85.3 Å². The second-order valence-corrected chi connectivity index (χ2v) is 43.6. The molecule has 0 saturated heterocycles. The quantitative estimate of drug-likeness (QED) is 0.120. The van der Waals surface area contributed by atoms with Gasteiger partial charge in [-0.3, -0.25) is 0 Å². The molecule has 4 aliphatic rings. The van der Waals surface area contributed by atoms with Crippen molar-refractivity contribution < 1.29 is 4.74 Å². The van der Waals surface area contributed by atoms with Gasteiger partial charge in [0.05, 0.1) is 0 Å². The van der Waals surface area contributed by atoms with E-state index >= 15 is 0 Å². The van der Waals surface area contributed by atoms with Gasteiger partial charge in [0, 0.05) is 0 Å². The second-order valence-electron chi connectivity index (χ2n) is 31.6. The van der Waals surface area contributed by atoms with Gasteiger partial charge in [-0.05, 0) is 0 Å². The monoisotopic (exact) mass is 1990 g/mol. The van der Waals surface area contributed by atoms with E-state index in [0.717, 1.165) is 90.4 Å². The molecule has 0 bridgehead atoms. The number of rotatable bonds is 11. The molecule has 18 aromatic carbocycles. The van der Waals surface area contributed by atoms with Crippen molar-refractivity contribution in [2.75, 3.05) is 24.5 Å². The summed E-state index contributed by atoms with van der Waals surface area (Å²) >= 11 is -3.34. The number of para-hydroxylation sites is 5. The first kappa shape index (κ1) is 69.9. The van der Waals surface area contributed by atoms with Crippen molar-refractivity contribution in [3.63, 3.8) is 0 Å². The summed E-state index contributed by atoms with van der Waals surface area (Å²) in [6.07, 6.45) is 0. The summed E-state index contributed by atoms with van der Waals surface area (Å²) in [4.78, 5) is 13.3. The molecule has 0 atom stereocenters. The van der Waals surface area contributed by atoms with Gasteiger partial charge in [-0.15, -0.1) is 0 Å². The zero-order valence-corrected chi connectivity index (χ0v) is 73.8. The van der Waals surface area contributed by atoms with E-state index in [0.29, 0.717) is 0 Å². The van der Waals surface area contributed by atoms with Crippen molar-refractivity contribution in [1.82, 2.24) is 0 Å². The molecule has 0 radical (unpaired) electrons. The first-order valence-corrected chi connectivity index (χ1v) is 50.2. The molecular weight excluding hydrogens is 1920 g/mol. The molecule has 120 heavy (non-hydrogen) atoms. The molecule has 8 heterocycles. The standard InChI is InChI=1S/C108H65B2N5OTe4/c1-5-30-66(31-6-1)72-42-25-43-73(67-32-7-2-8-33-67)104(72)115-92-65-96-85(110-83-49-18-20-51-87(83)114(91-55-29-47-81-77-41-16-24-59-101(77)120-108(81)91)95-62-71(63-97(116-96)103(95)110)112(69-36-11-4-12-37-69)89-53-27-45-79-75-39-14-22-57-99(75)118-106(79)89)64-84(92)109-82-48-17-19-50-86(82)113(90-54-28-46-80-76-40-15-23-58-100(76)119-107(80)90)93-60-70(61-94(115)102(93)109)111(68-34-9-3-10-35-68)88-52-26-44-78-74-38-13-21-56-98(74)117-105(78)88/h1-65H. The third-order valence-corrected chi connectivity index (χ3v) is 39.0. The second kappa shape index (κ2) is 27.8. The Balaban J connectivity index is 0.793. The van der Waals surface area contributed by atoms with Crippen molar-refractivity contribution in [3.8, 4) is 33.8 Å². The van der Waals surface area contributed by atoms with Crippen LogP contribution in [-0.4, -0.2) is 95.1 Å². The van der Waals surface area contributed by atoms with E-state index < -0.39 is 81.7 Å². The minimum atomic E-state index is -0.866. The third kappa shape index (κ3) is 10.6. The molecule has 0 unspecified atom stereocenters. The Kier molecular flexibility index (Phi) is 16.2. The molecule has 0 fully saturated rings. The summed E-state index contributed by atoms with van der Waals surface area (Å²) in [6, 6.07) is 151. The average molecular weight is 1980 g/mol. The van der Waals surface area contributed by atoms with Crippen LogP contribution in [0.1, 0.15) is 0 Å². The van der Waals surface area contributed by atoms with E-state index in [4.69, 9.17) is 4.74 Å². The van der Waals surface area contributed by atoms with Gasteiger partial charge in [-0.2, -0.15) is 0 Å². The van der Waals surface area contributed by atoms with E-state index in [-0.39, 0.29) is 13.4 Å². The molecule has 0 spiro atoms. The van der Waals surface area contributed by atoms with E-state index in [1.807, 2.05) is 0 Å². The molecule has 0 N–H and O–H groups in total. The maximum absolute atomic E-state index is 8.33. The first-order valence-electron chi connectivity index (χ1n) is 40.9. The fraction of sp³-hybridized carbons (Fsp3) is 0. The van der Waals surface area contributed by atoms with Crippen LogP contribution in [0.25, 0.3) is 92.6 Å². The summed E-state index contributed by atoms with van der Waals surface area (Å²) in [6.45, 7) is -0.528. The van der Waals surface area contributed by atoms with Gasteiger partial charge in [0.25, 0.3) is 0 Å². The number of anilines is 15. The van der Waals surface area contributed by atoms with Crippen LogP contribution in [0.5, 0.6) is 11.5 Å². The molecule has 0 aliphatic carbocycles. The van der Waals surface area contributed by atoms with Crippen LogP contribution >= 0.6 is 0 Å². The molecule has 4 aromatic heterocycles. The van der Waals surface area contributed by atoms with E-state index in [9.17, 15) is 0 Å². The molecule has 26 rings (SSSR count). The van der Waals surface area contributed by atoms with Crippen LogP contribution in [-0.2, 0) is 0 Å². The molecule has 0 amide bonds. The van der Waals surface area contributed by atoms with Crippen molar-refractivity contribution in [2.24, 2.45) is 0 Å². The Bertz CT molecular complexity index is 7990. The zero-order chi connectivity index (χ0) is 78.4. The number of fused-ring (bicyclic) bond motifs is 20. The first-order chi connectivity index (χ1) is 59.6. The summed E-state index contributed by atoms with van der Waals surface area (Å²) in [5, 5.41) is 10.8. The summed E-state index contributed by atoms with van der Waals surface area (Å²) < 4.78 is 20.1. The van der Waals surface area contributed by atoms with Crippen LogP contribution in [0.2, 0.25) is 0 Å². The van der Waals surface area contributed by atoms with Crippen molar-refractivity contribution in [3.05, 3.63) is 394 Å². The molecule has 0 saturated carbocycles. The van der Waals surface area contributed by atoms with E-state index in [1.165, 1.54) is 132 Å². The fourth-order valence-corrected chi connectivity index (χ4v) is 34.0. The Morgan fingerprint density at radius 3 is 1.07 bits per heavy atom. The van der Waals surface area contributed by atoms with Crippen molar-refractivity contribution in [1.29, 1.82) is 0 Å². The number of hydrogen-bond acceptors (Lipinski definition) is 6. The topological polar surface area (TPSA) is 25.4 Å². The van der Waals surface area contributed by atoms with Gasteiger partial charge in [0.1, 0.15) is 0 Å². The Morgan fingerprint density at radius 2 is 0.583 bits per heavy atom. The van der Waals surface area contributed by atoms with Crippen LogP contribution in [0.15, 0.2) is 394 Å². The third-order valence-electron chi connectivity index (χ3n) is 25.2. The van der Waals surface area contributed by atoms with Gasteiger partial charge in [0.2, 0.25) is 0 Å². The van der Waals surface area contributed by atoms with Crippen LogP contribution in [0.3, 0.4) is 0 Å². The number of nitrogens with zero attached hydrogens (tertiary/aromatic N) is 5. The number of benzene rings is 18. The van der Waals surface area contributed by atoms with Gasteiger partial charge >= 0.3 is 729 Å². The predicted octanol–water partition coefficient (Wildman–Crippen LogP) is 23.9. The SMILES string of the molecule is c1ccc(-c2cccc(-c3ccccc3)c2N2c3cc4c(cc3B3c5ccccc5N(c5cccc6c5[te]c5ccccc56)c5cc(N(c6ccccc6)c6cccc7c6[te]c6ccccc67)cc2c53)B2c3ccccc3N(c3cccc5c3[te]c3ccccc35)c3cc(N(c5ccccc5)c5cccc6c5[te]c5ccccc56)cc(c32)O4)cc1. The van der Waals surface area contributed by atoms with Gasteiger partial charge < -0.3 is 0 Å². The van der Waals surface area contributed by atoms with Crippen LogP contribution in [0, 0.1) is 0 Å². The molecule has 4 aliphatic heterocycles. The summed E-state index contributed by atoms with van der Waals surface area (Å²) in [5.41, 5.74) is 29.0. The number of ether oxygens (including phenoxy) is 1. The normalized spacial score (nSPS) is 13.0. The maximum atomic E-state index is 8.33. The van der Waals surface area contributed by atoms with E-state index in [2.05, 4.69) is 419 Å².